The molecular formula is C18H42N2O3Si. The van der Waals surface area contributed by atoms with Crippen molar-refractivity contribution >= 4 is 8.80 Å². The summed E-state index contributed by atoms with van der Waals surface area (Å²) in [5, 5.41) is 3.30. The van der Waals surface area contributed by atoms with Crippen LogP contribution in [0.4, 0.5) is 0 Å². The van der Waals surface area contributed by atoms with Gasteiger partial charge in [0.2, 0.25) is 0 Å². The molecule has 0 radical (unpaired) electrons. The molecule has 1 atom stereocenters. The van der Waals surface area contributed by atoms with Crippen LogP contribution >= 0.6 is 0 Å². The van der Waals surface area contributed by atoms with Crippen molar-refractivity contribution in [3.63, 3.8) is 0 Å². The first kappa shape index (κ1) is 24.0. The minimum Gasteiger partial charge on any atom is -0.377 e. The van der Waals surface area contributed by atoms with Gasteiger partial charge >= 0.3 is 8.80 Å². The first-order chi connectivity index (χ1) is 11.5. The highest BCUT2D eigenvalue weighted by atomic mass is 28.4. The lowest BCUT2D eigenvalue weighted by molar-refractivity contribution is -0.0389. The zero-order valence-corrected chi connectivity index (χ0v) is 17.8. The fourth-order valence-corrected chi connectivity index (χ4v) is 5.12. The third-order valence-corrected chi connectivity index (χ3v) is 6.60. The maximum Gasteiger partial charge on any atom is 0.497 e. The normalized spacial score (nSPS) is 14.8. The van der Waals surface area contributed by atoms with Gasteiger partial charge in [-0.15, -0.1) is 0 Å². The maximum atomic E-state index is 6.60. The number of rotatable bonds is 17. The maximum absolute atomic E-state index is 6.60. The molecule has 0 heterocycles. The van der Waals surface area contributed by atoms with Crippen LogP contribution in [0.1, 0.15) is 72.1 Å². The second-order valence-corrected chi connectivity index (χ2v) is 9.32. The molecule has 0 rings (SSSR count). The van der Waals surface area contributed by atoms with Crippen molar-refractivity contribution in [2.75, 3.05) is 33.4 Å². The lowest BCUT2D eigenvalue weighted by Gasteiger charge is -2.40. The van der Waals surface area contributed by atoms with E-state index < -0.39 is 8.80 Å². The molecule has 1 unspecified atom stereocenters. The zero-order valence-electron chi connectivity index (χ0n) is 16.8. The summed E-state index contributed by atoms with van der Waals surface area (Å²) < 4.78 is 18.5. The monoisotopic (exact) mass is 362 g/mol. The van der Waals surface area contributed by atoms with Crippen LogP contribution in [0.3, 0.4) is 0 Å². The quantitative estimate of drug-likeness (QED) is 0.305. The minimum absolute atomic E-state index is 0.0854. The summed E-state index contributed by atoms with van der Waals surface area (Å²) in [5.74, 6) is 0. The van der Waals surface area contributed by atoms with Crippen LogP contribution in [0.25, 0.3) is 0 Å². The van der Waals surface area contributed by atoms with Gasteiger partial charge in [-0.1, -0.05) is 40.0 Å². The summed E-state index contributed by atoms with van der Waals surface area (Å²) in [4.78, 5) is 0. The van der Waals surface area contributed by atoms with Crippen LogP contribution in [-0.4, -0.2) is 47.8 Å². The number of unbranched alkanes of at least 4 members (excludes halogenated alkanes) is 1. The van der Waals surface area contributed by atoms with E-state index in [4.69, 9.17) is 19.0 Å². The molecule has 0 aromatic rings. The molecule has 0 saturated heterocycles. The Morgan fingerprint density at radius 3 is 2.00 bits per heavy atom. The summed E-state index contributed by atoms with van der Waals surface area (Å²) >= 11 is 0. The Bertz CT molecular complexity index is 278. The van der Waals surface area contributed by atoms with Gasteiger partial charge < -0.3 is 24.3 Å². The van der Waals surface area contributed by atoms with Crippen molar-refractivity contribution in [1.82, 2.24) is 5.32 Å². The number of hydrogen-bond acceptors (Lipinski definition) is 5. The second-order valence-electron chi connectivity index (χ2n) is 6.70. The topological polar surface area (TPSA) is 65.7 Å². The van der Waals surface area contributed by atoms with E-state index >= 15 is 0 Å². The Hall–Kier alpha value is 0.0169. The summed E-state index contributed by atoms with van der Waals surface area (Å²) in [5.41, 5.74) is 5.38. The molecule has 6 heteroatoms. The van der Waals surface area contributed by atoms with E-state index in [1.165, 1.54) is 0 Å². The summed E-state index contributed by atoms with van der Waals surface area (Å²) in [7, 11) is -0.860. The van der Waals surface area contributed by atoms with Crippen molar-refractivity contribution < 1.29 is 13.3 Å². The van der Waals surface area contributed by atoms with Crippen molar-refractivity contribution in [2.45, 2.75) is 84.3 Å². The molecule has 0 aliphatic carbocycles. The van der Waals surface area contributed by atoms with E-state index in [9.17, 15) is 0 Å². The molecule has 0 aliphatic rings. The first-order valence-corrected chi connectivity index (χ1v) is 12.0. The molecule has 0 spiro atoms. The van der Waals surface area contributed by atoms with Gasteiger partial charge in [-0.2, -0.15) is 0 Å². The molecule has 24 heavy (non-hydrogen) atoms. The summed E-state index contributed by atoms with van der Waals surface area (Å²) in [6.07, 6.45) is 8.70. The van der Waals surface area contributed by atoms with Gasteiger partial charge in [0.1, 0.15) is 0 Å². The van der Waals surface area contributed by atoms with Gasteiger partial charge in [-0.3, -0.25) is 0 Å². The molecule has 0 amide bonds. The van der Waals surface area contributed by atoms with Crippen LogP contribution in [0, 0.1) is 0 Å². The van der Waals surface area contributed by atoms with Gasteiger partial charge in [-0.05, 0) is 38.6 Å². The van der Waals surface area contributed by atoms with E-state index in [1.807, 2.05) is 6.55 Å². The lowest BCUT2D eigenvalue weighted by atomic mass is 9.88. The van der Waals surface area contributed by atoms with E-state index in [2.05, 4.69) is 26.1 Å². The van der Waals surface area contributed by atoms with Crippen LogP contribution in [0.15, 0.2) is 0 Å². The fourth-order valence-electron chi connectivity index (χ4n) is 3.25. The summed E-state index contributed by atoms with van der Waals surface area (Å²) in [6.45, 7) is 12.0. The summed E-state index contributed by atoms with van der Waals surface area (Å²) in [6, 6.07) is 0. The Labute approximate surface area is 151 Å². The average Bonchev–Trinajstić information content (AvgIpc) is 2.55. The van der Waals surface area contributed by atoms with Gasteiger partial charge in [0.05, 0.1) is 5.60 Å². The molecule has 0 saturated carbocycles. The lowest BCUT2D eigenvalue weighted by Crippen LogP contribution is -2.50. The molecule has 3 N–H and O–H groups in total. The number of hydrogen-bond donors (Lipinski definition) is 2. The highest BCUT2D eigenvalue weighted by Gasteiger charge is 2.42. The van der Waals surface area contributed by atoms with Gasteiger partial charge in [0.15, 0.2) is 0 Å². The van der Waals surface area contributed by atoms with Crippen molar-refractivity contribution in [3.05, 3.63) is 0 Å². The highest BCUT2D eigenvalue weighted by Crippen LogP contribution is 2.33. The van der Waals surface area contributed by atoms with Gasteiger partial charge in [0.25, 0.3) is 0 Å². The average molecular weight is 363 g/mol. The van der Waals surface area contributed by atoms with E-state index in [0.29, 0.717) is 13.2 Å². The fraction of sp³-hybridized carbons (Fsp3) is 1.00. The second kappa shape index (κ2) is 14.2. The first-order valence-electron chi connectivity index (χ1n) is 9.81. The third kappa shape index (κ3) is 10.1. The SMILES string of the molecule is CCCC(CCC)(CCC)O[Si](C)(OC)OCCCCNCCN. The van der Waals surface area contributed by atoms with E-state index in [-0.39, 0.29) is 5.60 Å². The Balaban J connectivity index is 4.51. The van der Waals surface area contributed by atoms with Crippen molar-refractivity contribution in [1.29, 1.82) is 0 Å². The molecule has 0 aliphatic heterocycles. The van der Waals surface area contributed by atoms with Gasteiger partial charge in [0, 0.05) is 33.4 Å². The highest BCUT2D eigenvalue weighted by molar-refractivity contribution is 6.59. The predicted molar refractivity (Wildman–Crippen MR) is 104 cm³/mol. The molecule has 0 aromatic heterocycles. The molecular weight excluding hydrogens is 320 g/mol. The Morgan fingerprint density at radius 1 is 0.958 bits per heavy atom. The van der Waals surface area contributed by atoms with Crippen molar-refractivity contribution in [3.8, 4) is 0 Å². The molecule has 5 nitrogen and oxygen atoms in total. The standard InChI is InChI=1S/C18H42N2O3Si/c1-6-11-18(12-7-2,13-8-3)23-24(5,21-4)22-17-10-9-15-20-16-14-19/h20H,6-17,19H2,1-5H3. The van der Waals surface area contributed by atoms with Crippen LogP contribution in [-0.2, 0) is 13.3 Å². The van der Waals surface area contributed by atoms with Crippen LogP contribution in [0.5, 0.6) is 0 Å². The molecule has 0 bridgehead atoms. The minimum atomic E-state index is -2.59. The number of nitrogens with two attached hydrogens (primary N) is 1. The van der Waals surface area contributed by atoms with E-state index in [1.54, 1.807) is 7.11 Å². The smallest absolute Gasteiger partial charge is 0.377 e. The molecule has 0 aromatic carbocycles. The Kier molecular flexibility index (Phi) is 14.2. The van der Waals surface area contributed by atoms with Gasteiger partial charge in [-0.25, -0.2) is 0 Å². The molecule has 0 fully saturated rings. The molecule has 146 valence electrons. The van der Waals surface area contributed by atoms with Crippen LogP contribution in [0.2, 0.25) is 6.55 Å². The Morgan fingerprint density at radius 2 is 1.54 bits per heavy atom. The largest absolute Gasteiger partial charge is 0.497 e. The predicted octanol–water partition coefficient (Wildman–Crippen LogP) is 3.70. The van der Waals surface area contributed by atoms with Crippen molar-refractivity contribution in [2.24, 2.45) is 5.73 Å². The van der Waals surface area contributed by atoms with Crippen LogP contribution < -0.4 is 11.1 Å². The van der Waals surface area contributed by atoms with E-state index in [0.717, 1.165) is 64.5 Å². The third-order valence-electron chi connectivity index (χ3n) is 4.32. The number of nitrogens with one attached hydrogen (secondary N) is 1. The zero-order chi connectivity index (χ0) is 18.3.